The third-order valence-corrected chi connectivity index (χ3v) is 5.44. The second-order valence-corrected chi connectivity index (χ2v) is 6.79. The number of benzene rings is 1. The summed E-state index contributed by atoms with van der Waals surface area (Å²) in [6.07, 6.45) is 2.33. The van der Waals surface area contributed by atoms with E-state index in [-0.39, 0.29) is 16.1 Å². The zero-order chi connectivity index (χ0) is 14.8. The Bertz CT molecular complexity index is 722. The summed E-state index contributed by atoms with van der Waals surface area (Å²) in [4.78, 5) is 20.6. The van der Waals surface area contributed by atoms with Crippen LogP contribution in [0, 0.1) is 0 Å². The molecular weight excluding hydrogens is 310 g/mol. The van der Waals surface area contributed by atoms with Crippen LogP contribution in [0.15, 0.2) is 29.3 Å². The molecular formula is C14H14ClN3O2S. The number of nitrogens with one attached hydrogen (secondary N) is 1. The lowest BCUT2D eigenvalue weighted by molar-refractivity contribution is -0.120. The standard InChI is InChI=1S/C14H14ClN3O2S/c15-12-14(18-10-6-2-1-5-9(10)17-12)21(20)11-7-3-4-8-16-13(11)19/h1-2,5-6,11H,3-4,7-8H2,(H,16,19). The van der Waals surface area contributed by atoms with Crippen molar-refractivity contribution < 1.29 is 9.00 Å². The van der Waals surface area contributed by atoms with Crippen LogP contribution in [0.4, 0.5) is 0 Å². The molecule has 2 aromatic rings. The van der Waals surface area contributed by atoms with Crippen LogP contribution in [0.3, 0.4) is 0 Å². The number of carbonyl (C=O) groups excluding carboxylic acids is 1. The summed E-state index contributed by atoms with van der Waals surface area (Å²) in [6, 6.07) is 7.24. The molecule has 110 valence electrons. The molecule has 3 rings (SSSR count). The molecule has 1 aromatic carbocycles. The minimum absolute atomic E-state index is 0.101. The first kappa shape index (κ1) is 14.4. The number of rotatable bonds is 2. The Morgan fingerprint density at radius 2 is 1.90 bits per heavy atom. The summed E-state index contributed by atoms with van der Waals surface area (Å²) in [7, 11) is -1.60. The molecule has 0 radical (unpaired) electrons. The highest BCUT2D eigenvalue weighted by Crippen LogP contribution is 2.24. The Balaban J connectivity index is 2.00. The van der Waals surface area contributed by atoms with E-state index in [0.29, 0.717) is 24.0 Å². The van der Waals surface area contributed by atoms with Crippen LogP contribution in [0.2, 0.25) is 5.15 Å². The minimum Gasteiger partial charge on any atom is -0.355 e. The fourth-order valence-corrected chi connectivity index (χ4v) is 4.03. The molecule has 1 amide bonds. The average Bonchev–Trinajstić information content (AvgIpc) is 2.70. The molecule has 5 nitrogen and oxygen atoms in total. The van der Waals surface area contributed by atoms with Gasteiger partial charge in [-0.3, -0.25) is 9.00 Å². The molecule has 21 heavy (non-hydrogen) atoms. The van der Waals surface area contributed by atoms with Crippen LogP contribution in [0.1, 0.15) is 19.3 Å². The summed E-state index contributed by atoms with van der Waals surface area (Å²) < 4.78 is 12.7. The van der Waals surface area contributed by atoms with E-state index in [0.717, 1.165) is 12.8 Å². The Labute approximate surface area is 129 Å². The number of carbonyl (C=O) groups is 1. The third kappa shape index (κ3) is 2.91. The second-order valence-electron chi connectivity index (χ2n) is 4.88. The zero-order valence-electron chi connectivity index (χ0n) is 11.2. The lowest BCUT2D eigenvalue weighted by Gasteiger charge is -2.13. The fraction of sp³-hybridized carbons (Fsp3) is 0.357. The van der Waals surface area contributed by atoms with E-state index in [4.69, 9.17) is 11.6 Å². The predicted octanol–water partition coefficient (Wildman–Crippen LogP) is 2.06. The molecule has 1 fully saturated rings. The summed E-state index contributed by atoms with van der Waals surface area (Å²) in [5.74, 6) is -0.197. The zero-order valence-corrected chi connectivity index (χ0v) is 12.8. The Morgan fingerprint density at radius 3 is 2.67 bits per heavy atom. The monoisotopic (exact) mass is 323 g/mol. The highest BCUT2D eigenvalue weighted by atomic mass is 35.5. The summed E-state index contributed by atoms with van der Waals surface area (Å²) in [5, 5.41) is 2.46. The minimum atomic E-state index is -1.60. The van der Waals surface area contributed by atoms with Gasteiger partial charge in [0.2, 0.25) is 5.91 Å². The molecule has 0 bridgehead atoms. The number of fused-ring (bicyclic) bond motifs is 1. The molecule has 1 saturated heterocycles. The molecule has 7 heteroatoms. The highest BCUT2D eigenvalue weighted by molar-refractivity contribution is 7.86. The van der Waals surface area contributed by atoms with E-state index >= 15 is 0 Å². The van der Waals surface area contributed by atoms with Crippen molar-refractivity contribution in [3.63, 3.8) is 0 Å². The average molecular weight is 324 g/mol. The molecule has 0 spiro atoms. The van der Waals surface area contributed by atoms with Gasteiger partial charge in [0, 0.05) is 6.54 Å². The number of halogens is 1. The van der Waals surface area contributed by atoms with Gasteiger partial charge in [-0.25, -0.2) is 9.97 Å². The molecule has 1 aliphatic rings. The number of nitrogens with zero attached hydrogens (tertiary/aromatic N) is 2. The van der Waals surface area contributed by atoms with Crippen molar-refractivity contribution in [1.29, 1.82) is 0 Å². The van der Waals surface area contributed by atoms with E-state index < -0.39 is 16.0 Å². The maximum atomic E-state index is 12.7. The SMILES string of the molecule is O=C1NCCCCC1S(=O)c1nc2ccccc2nc1Cl. The van der Waals surface area contributed by atoms with Gasteiger partial charge in [-0.1, -0.05) is 23.7 Å². The van der Waals surface area contributed by atoms with E-state index in [1.165, 1.54) is 0 Å². The highest BCUT2D eigenvalue weighted by Gasteiger charge is 2.30. The van der Waals surface area contributed by atoms with Crippen molar-refractivity contribution in [2.75, 3.05) is 6.54 Å². The molecule has 2 atom stereocenters. The lowest BCUT2D eigenvalue weighted by Crippen LogP contribution is -2.36. The first-order valence-electron chi connectivity index (χ1n) is 6.77. The topological polar surface area (TPSA) is 72.0 Å². The van der Waals surface area contributed by atoms with Crippen LogP contribution < -0.4 is 5.32 Å². The maximum Gasteiger partial charge on any atom is 0.236 e. The number of aromatic nitrogens is 2. The summed E-state index contributed by atoms with van der Waals surface area (Å²) in [6.45, 7) is 0.629. The van der Waals surface area contributed by atoms with Crippen molar-refractivity contribution in [2.24, 2.45) is 0 Å². The van der Waals surface area contributed by atoms with Gasteiger partial charge in [-0.05, 0) is 31.4 Å². The van der Waals surface area contributed by atoms with E-state index in [9.17, 15) is 9.00 Å². The molecule has 1 N–H and O–H groups in total. The van der Waals surface area contributed by atoms with Crippen LogP contribution >= 0.6 is 11.6 Å². The molecule has 2 heterocycles. The quantitative estimate of drug-likeness (QED) is 0.918. The van der Waals surface area contributed by atoms with Crippen LogP contribution in [0.5, 0.6) is 0 Å². The lowest BCUT2D eigenvalue weighted by atomic mass is 10.2. The number of hydrogen-bond acceptors (Lipinski definition) is 4. The Kier molecular flexibility index (Phi) is 4.17. The van der Waals surface area contributed by atoms with Crippen molar-refractivity contribution in [3.05, 3.63) is 29.4 Å². The second kappa shape index (κ2) is 6.07. The van der Waals surface area contributed by atoms with Crippen molar-refractivity contribution in [3.8, 4) is 0 Å². The largest absolute Gasteiger partial charge is 0.355 e. The van der Waals surface area contributed by atoms with Crippen LogP contribution in [-0.4, -0.2) is 31.9 Å². The first-order chi connectivity index (χ1) is 10.2. The summed E-state index contributed by atoms with van der Waals surface area (Å²) >= 11 is 6.11. The molecule has 0 aliphatic carbocycles. The van der Waals surface area contributed by atoms with Gasteiger partial charge in [0.1, 0.15) is 5.25 Å². The Morgan fingerprint density at radius 1 is 1.19 bits per heavy atom. The molecule has 1 aliphatic heterocycles. The van der Waals surface area contributed by atoms with Gasteiger partial charge in [0.15, 0.2) is 10.2 Å². The van der Waals surface area contributed by atoms with Crippen molar-refractivity contribution in [2.45, 2.75) is 29.5 Å². The summed E-state index contributed by atoms with van der Waals surface area (Å²) in [5.41, 5.74) is 1.27. The molecule has 2 unspecified atom stereocenters. The van der Waals surface area contributed by atoms with Crippen molar-refractivity contribution >= 4 is 39.3 Å². The van der Waals surface area contributed by atoms with Gasteiger partial charge in [0.25, 0.3) is 0 Å². The number of amides is 1. The third-order valence-electron chi connectivity index (χ3n) is 3.43. The van der Waals surface area contributed by atoms with E-state index in [2.05, 4.69) is 15.3 Å². The van der Waals surface area contributed by atoms with Crippen LogP contribution in [-0.2, 0) is 15.6 Å². The van der Waals surface area contributed by atoms with Gasteiger partial charge in [-0.15, -0.1) is 0 Å². The Hall–Kier alpha value is -1.53. The smallest absolute Gasteiger partial charge is 0.236 e. The predicted molar refractivity (Wildman–Crippen MR) is 81.6 cm³/mol. The molecule has 1 aromatic heterocycles. The molecule has 0 saturated carbocycles. The fourth-order valence-electron chi connectivity index (χ4n) is 2.34. The van der Waals surface area contributed by atoms with Crippen molar-refractivity contribution in [1.82, 2.24) is 15.3 Å². The van der Waals surface area contributed by atoms with Crippen LogP contribution in [0.25, 0.3) is 11.0 Å². The van der Waals surface area contributed by atoms with Gasteiger partial charge in [0.05, 0.1) is 21.8 Å². The van der Waals surface area contributed by atoms with E-state index in [1.807, 2.05) is 12.1 Å². The normalized spacial score (nSPS) is 20.8. The van der Waals surface area contributed by atoms with Gasteiger partial charge in [-0.2, -0.15) is 0 Å². The maximum absolute atomic E-state index is 12.7. The van der Waals surface area contributed by atoms with Gasteiger partial charge < -0.3 is 5.32 Å². The number of hydrogen-bond donors (Lipinski definition) is 1. The number of para-hydroxylation sites is 2. The van der Waals surface area contributed by atoms with E-state index in [1.54, 1.807) is 12.1 Å². The first-order valence-corrected chi connectivity index (χ1v) is 8.36. The van der Waals surface area contributed by atoms with Gasteiger partial charge >= 0.3 is 0 Å².